The lowest BCUT2D eigenvalue weighted by Gasteiger charge is -2.16. The molecule has 1 unspecified atom stereocenters. The van der Waals surface area contributed by atoms with Crippen molar-refractivity contribution in [2.24, 2.45) is 4.99 Å². The summed E-state index contributed by atoms with van der Waals surface area (Å²) in [7, 11) is 0. The number of esters is 1. The summed E-state index contributed by atoms with van der Waals surface area (Å²) < 4.78 is 5.19. The number of fused-ring (bicyclic) bond motifs is 1. The largest absolute Gasteiger partial charge is 0.462 e. The highest BCUT2D eigenvalue weighted by Crippen LogP contribution is 2.30. The second-order valence-electron chi connectivity index (χ2n) is 7.68. The van der Waals surface area contributed by atoms with Crippen molar-refractivity contribution in [2.45, 2.75) is 32.9 Å². The van der Waals surface area contributed by atoms with Gasteiger partial charge in [0, 0.05) is 11.4 Å². The first kappa shape index (κ1) is 25.0. The normalized spacial score (nSPS) is 13.6. The molecule has 2 amide bonds. The van der Waals surface area contributed by atoms with Crippen LogP contribution in [0.2, 0.25) is 0 Å². The van der Waals surface area contributed by atoms with Crippen LogP contribution in [0.1, 0.15) is 26.3 Å². The third-order valence-corrected chi connectivity index (χ3v) is 6.10. The third-order valence-electron chi connectivity index (χ3n) is 4.96. The first-order chi connectivity index (χ1) is 16.3. The summed E-state index contributed by atoms with van der Waals surface area (Å²) in [6, 6.07) is 14.8. The van der Waals surface area contributed by atoms with E-state index in [1.165, 1.54) is 11.8 Å². The number of carbonyl (C=O) groups excluding carboxylic acids is 3. The Kier molecular flexibility index (Phi) is 8.48. The molecule has 0 spiro atoms. The van der Waals surface area contributed by atoms with Gasteiger partial charge in [-0.15, -0.1) is 11.8 Å². The molecule has 34 heavy (non-hydrogen) atoms. The van der Waals surface area contributed by atoms with Crippen molar-refractivity contribution in [3.8, 4) is 0 Å². The maximum Gasteiger partial charge on any atom is 0.343 e. The SMILES string of the molecule is CCOC(=O)C1=C(C)Nc2ccccc2N=C1NC(=O)C(C)SCC(=O)Nc1ccc(C)cc1. The van der Waals surface area contributed by atoms with E-state index in [9.17, 15) is 14.4 Å². The molecule has 0 fully saturated rings. The van der Waals surface area contributed by atoms with Gasteiger partial charge in [-0.25, -0.2) is 9.79 Å². The number of thioether (sulfide) groups is 1. The van der Waals surface area contributed by atoms with Gasteiger partial charge in [-0.1, -0.05) is 29.8 Å². The van der Waals surface area contributed by atoms with Crippen LogP contribution in [-0.2, 0) is 19.1 Å². The maximum atomic E-state index is 12.9. The van der Waals surface area contributed by atoms with Crippen LogP contribution in [0.15, 0.2) is 64.8 Å². The molecule has 1 heterocycles. The number of aryl methyl sites for hydroxylation is 1. The van der Waals surface area contributed by atoms with Gasteiger partial charge in [-0.2, -0.15) is 0 Å². The molecule has 2 aromatic carbocycles. The van der Waals surface area contributed by atoms with Crippen molar-refractivity contribution in [1.82, 2.24) is 5.32 Å². The van der Waals surface area contributed by atoms with Gasteiger partial charge >= 0.3 is 5.97 Å². The van der Waals surface area contributed by atoms with Gasteiger partial charge in [0.1, 0.15) is 11.4 Å². The van der Waals surface area contributed by atoms with Gasteiger partial charge in [0.25, 0.3) is 0 Å². The minimum Gasteiger partial charge on any atom is -0.462 e. The van der Waals surface area contributed by atoms with Gasteiger partial charge in [-0.05, 0) is 52.0 Å². The number of carbonyl (C=O) groups is 3. The smallest absolute Gasteiger partial charge is 0.343 e. The van der Waals surface area contributed by atoms with Gasteiger partial charge in [0.2, 0.25) is 11.8 Å². The van der Waals surface area contributed by atoms with Gasteiger partial charge < -0.3 is 20.7 Å². The highest BCUT2D eigenvalue weighted by molar-refractivity contribution is 8.01. The quantitative estimate of drug-likeness (QED) is 0.514. The van der Waals surface area contributed by atoms with Crippen molar-refractivity contribution in [1.29, 1.82) is 0 Å². The molecule has 178 valence electrons. The fraction of sp³-hybridized carbons (Fsp3) is 0.280. The Morgan fingerprint density at radius 1 is 1.06 bits per heavy atom. The number of rotatable bonds is 7. The number of aliphatic imine (C=N–C) groups is 1. The first-order valence-corrected chi connectivity index (χ1v) is 12.0. The Morgan fingerprint density at radius 2 is 1.76 bits per heavy atom. The number of anilines is 2. The van der Waals surface area contributed by atoms with Crippen molar-refractivity contribution in [3.05, 3.63) is 65.4 Å². The lowest BCUT2D eigenvalue weighted by Crippen LogP contribution is -2.39. The third kappa shape index (κ3) is 6.48. The summed E-state index contributed by atoms with van der Waals surface area (Å²) in [5, 5.41) is 8.17. The summed E-state index contributed by atoms with van der Waals surface area (Å²) in [5.74, 6) is -0.965. The Bertz CT molecular complexity index is 1140. The highest BCUT2D eigenvalue weighted by Gasteiger charge is 2.27. The minimum absolute atomic E-state index is 0.0962. The number of nitrogens with one attached hydrogen (secondary N) is 3. The van der Waals surface area contributed by atoms with Crippen LogP contribution in [0.25, 0.3) is 0 Å². The Hall–Kier alpha value is -3.59. The van der Waals surface area contributed by atoms with E-state index in [1.807, 2.05) is 49.4 Å². The summed E-state index contributed by atoms with van der Waals surface area (Å²) in [6.07, 6.45) is 0. The summed E-state index contributed by atoms with van der Waals surface area (Å²) in [5.41, 5.74) is 3.76. The first-order valence-electron chi connectivity index (χ1n) is 10.9. The number of nitrogens with zero attached hydrogens (tertiary/aromatic N) is 1. The summed E-state index contributed by atoms with van der Waals surface area (Å²) in [4.78, 5) is 42.4. The molecule has 2 aromatic rings. The topological polar surface area (TPSA) is 109 Å². The molecule has 0 saturated carbocycles. The average Bonchev–Trinajstić information content (AvgIpc) is 2.94. The number of para-hydroxylation sites is 2. The van der Waals surface area contributed by atoms with E-state index in [-0.39, 0.29) is 35.6 Å². The van der Waals surface area contributed by atoms with Crippen molar-refractivity contribution >= 4 is 52.4 Å². The van der Waals surface area contributed by atoms with Crippen LogP contribution >= 0.6 is 11.8 Å². The average molecular weight is 481 g/mol. The predicted molar refractivity (Wildman–Crippen MR) is 136 cm³/mol. The molecular formula is C25H28N4O4S. The van der Waals surface area contributed by atoms with E-state index in [4.69, 9.17) is 4.74 Å². The molecule has 1 aliphatic rings. The van der Waals surface area contributed by atoms with E-state index in [0.717, 1.165) is 5.56 Å². The van der Waals surface area contributed by atoms with E-state index in [1.54, 1.807) is 26.8 Å². The molecule has 0 bridgehead atoms. The van der Waals surface area contributed by atoms with Crippen molar-refractivity contribution in [2.75, 3.05) is 23.0 Å². The van der Waals surface area contributed by atoms with Gasteiger partial charge in [0.15, 0.2) is 0 Å². The molecule has 0 radical (unpaired) electrons. The molecule has 0 saturated heterocycles. The second kappa shape index (κ2) is 11.5. The monoisotopic (exact) mass is 480 g/mol. The van der Waals surface area contributed by atoms with Crippen LogP contribution < -0.4 is 16.0 Å². The van der Waals surface area contributed by atoms with E-state index < -0.39 is 11.2 Å². The zero-order valence-corrected chi connectivity index (χ0v) is 20.4. The lowest BCUT2D eigenvalue weighted by atomic mass is 10.2. The fourth-order valence-electron chi connectivity index (χ4n) is 3.17. The van der Waals surface area contributed by atoms with Crippen LogP contribution in [0, 0.1) is 6.92 Å². The summed E-state index contributed by atoms with van der Waals surface area (Å²) >= 11 is 1.19. The summed E-state index contributed by atoms with van der Waals surface area (Å²) in [6.45, 7) is 7.29. The Labute approximate surface area is 203 Å². The van der Waals surface area contributed by atoms with Crippen LogP contribution in [0.5, 0.6) is 0 Å². The molecule has 3 rings (SSSR count). The Balaban J connectivity index is 1.70. The van der Waals surface area contributed by atoms with E-state index in [0.29, 0.717) is 22.8 Å². The number of amides is 2. The zero-order valence-electron chi connectivity index (χ0n) is 19.6. The molecule has 1 aliphatic heterocycles. The van der Waals surface area contributed by atoms with E-state index in [2.05, 4.69) is 20.9 Å². The highest BCUT2D eigenvalue weighted by atomic mass is 32.2. The van der Waals surface area contributed by atoms with Crippen LogP contribution in [-0.4, -0.2) is 41.2 Å². The number of ether oxygens (including phenoxy) is 1. The number of allylic oxidation sites excluding steroid dienone is 1. The molecular weight excluding hydrogens is 452 g/mol. The number of hydrogen-bond donors (Lipinski definition) is 3. The number of amidine groups is 1. The molecule has 0 aromatic heterocycles. The van der Waals surface area contributed by atoms with Crippen LogP contribution in [0.3, 0.4) is 0 Å². The zero-order chi connectivity index (χ0) is 24.7. The lowest BCUT2D eigenvalue weighted by molar-refractivity contribution is -0.137. The molecule has 8 nitrogen and oxygen atoms in total. The van der Waals surface area contributed by atoms with Crippen molar-refractivity contribution in [3.63, 3.8) is 0 Å². The van der Waals surface area contributed by atoms with E-state index >= 15 is 0 Å². The minimum atomic E-state index is -0.586. The molecule has 0 aliphatic carbocycles. The standard InChI is InChI=1S/C25H28N4O4S/c1-5-33-25(32)22-16(3)26-19-8-6-7-9-20(19)28-23(22)29-24(31)17(4)34-14-21(30)27-18-12-10-15(2)11-13-18/h6-13,17,26H,5,14H2,1-4H3,(H,27,30)(H,28,29,31). The second-order valence-corrected chi connectivity index (χ2v) is 9.01. The van der Waals surface area contributed by atoms with Crippen molar-refractivity contribution < 1.29 is 19.1 Å². The molecule has 9 heteroatoms. The Morgan fingerprint density at radius 3 is 2.47 bits per heavy atom. The number of hydrogen-bond acceptors (Lipinski definition) is 7. The molecule has 1 atom stereocenters. The predicted octanol–water partition coefficient (Wildman–Crippen LogP) is 4.16. The molecule has 3 N–H and O–H groups in total. The van der Waals surface area contributed by atoms with Gasteiger partial charge in [-0.3, -0.25) is 9.59 Å². The van der Waals surface area contributed by atoms with Gasteiger partial charge in [0.05, 0.1) is 29.0 Å². The fourth-order valence-corrected chi connectivity index (χ4v) is 3.85. The number of benzene rings is 2. The van der Waals surface area contributed by atoms with Crippen LogP contribution in [0.4, 0.5) is 17.1 Å². The maximum absolute atomic E-state index is 12.9.